The zero-order valence-corrected chi connectivity index (χ0v) is 13.9. The van der Waals surface area contributed by atoms with Gasteiger partial charge in [-0.1, -0.05) is 37.3 Å². The van der Waals surface area contributed by atoms with Gasteiger partial charge in [-0.2, -0.15) is 0 Å². The van der Waals surface area contributed by atoms with Crippen LogP contribution in [-0.4, -0.2) is 31.6 Å². The Morgan fingerprint density at radius 2 is 1.75 bits per heavy atom. The lowest BCUT2D eigenvalue weighted by Gasteiger charge is -2.45. The van der Waals surface area contributed by atoms with Crippen molar-refractivity contribution in [3.8, 4) is 0 Å². The van der Waals surface area contributed by atoms with Crippen molar-refractivity contribution in [2.24, 2.45) is 0 Å². The van der Waals surface area contributed by atoms with Gasteiger partial charge < -0.3 is 5.32 Å². The molecule has 1 aliphatic rings. The average Bonchev–Trinajstić information content (AvgIpc) is 2.46. The second kappa shape index (κ2) is 8.02. The smallest absolute Gasteiger partial charge is 0.0455 e. The van der Waals surface area contributed by atoms with Gasteiger partial charge in [0.05, 0.1) is 0 Å². The van der Waals surface area contributed by atoms with E-state index < -0.39 is 0 Å². The van der Waals surface area contributed by atoms with Gasteiger partial charge in [-0.25, -0.2) is 0 Å². The van der Waals surface area contributed by atoms with Crippen LogP contribution in [0.1, 0.15) is 44.6 Å². The highest BCUT2D eigenvalue weighted by Gasteiger charge is 2.38. The van der Waals surface area contributed by atoms with Crippen molar-refractivity contribution < 1.29 is 0 Å². The van der Waals surface area contributed by atoms with Gasteiger partial charge in [0, 0.05) is 11.6 Å². The molecular formula is C17H29ClN2. The van der Waals surface area contributed by atoms with E-state index in [2.05, 4.69) is 61.6 Å². The minimum absolute atomic E-state index is 0. The maximum Gasteiger partial charge on any atom is 0.0455 e. The summed E-state index contributed by atoms with van der Waals surface area (Å²) in [6.45, 7) is 3.40. The lowest BCUT2D eigenvalue weighted by Crippen LogP contribution is -2.47. The maximum atomic E-state index is 3.68. The Labute approximate surface area is 130 Å². The highest BCUT2D eigenvalue weighted by atomic mass is 35.5. The van der Waals surface area contributed by atoms with E-state index in [1.54, 1.807) is 0 Å². The van der Waals surface area contributed by atoms with Crippen molar-refractivity contribution in [1.82, 2.24) is 10.2 Å². The van der Waals surface area contributed by atoms with Crippen molar-refractivity contribution in [3.05, 3.63) is 35.9 Å². The molecule has 0 atom stereocenters. The Morgan fingerprint density at radius 1 is 1.15 bits per heavy atom. The second-order valence-corrected chi connectivity index (χ2v) is 6.02. The van der Waals surface area contributed by atoms with Gasteiger partial charge in [-0.15, -0.1) is 12.4 Å². The summed E-state index contributed by atoms with van der Waals surface area (Å²) in [5.74, 6) is 0. The van der Waals surface area contributed by atoms with Crippen molar-refractivity contribution in [3.63, 3.8) is 0 Å². The van der Waals surface area contributed by atoms with E-state index in [4.69, 9.17) is 0 Å². The molecule has 1 aromatic rings. The number of hydrogen-bond donors (Lipinski definition) is 1. The number of benzene rings is 1. The summed E-state index contributed by atoms with van der Waals surface area (Å²) < 4.78 is 0. The van der Waals surface area contributed by atoms with Crippen molar-refractivity contribution >= 4 is 12.4 Å². The minimum Gasteiger partial charge on any atom is -0.314 e. The number of hydrogen-bond acceptors (Lipinski definition) is 2. The minimum atomic E-state index is 0. The van der Waals surface area contributed by atoms with Gasteiger partial charge >= 0.3 is 0 Å². The normalized spacial score (nSPS) is 26.3. The van der Waals surface area contributed by atoms with Crippen LogP contribution in [0.25, 0.3) is 0 Å². The third-order valence-electron chi connectivity index (χ3n) is 4.66. The first-order valence-electron chi connectivity index (χ1n) is 7.65. The molecule has 1 aromatic carbocycles. The van der Waals surface area contributed by atoms with Gasteiger partial charge in [0.2, 0.25) is 0 Å². The summed E-state index contributed by atoms with van der Waals surface area (Å²) in [5.41, 5.74) is 1.72. The molecule has 0 spiro atoms. The molecule has 0 aliphatic heterocycles. The topological polar surface area (TPSA) is 15.3 Å². The monoisotopic (exact) mass is 296 g/mol. The third-order valence-corrected chi connectivity index (χ3v) is 4.66. The molecule has 0 saturated heterocycles. The fraction of sp³-hybridized carbons (Fsp3) is 0.647. The Hall–Kier alpha value is -0.570. The first-order chi connectivity index (χ1) is 9.19. The van der Waals surface area contributed by atoms with E-state index in [1.165, 1.54) is 37.7 Å². The van der Waals surface area contributed by atoms with Crippen LogP contribution in [0.4, 0.5) is 0 Å². The largest absolute Gasteiger partial charge is 0.314 e. The molecule has 1 N–H and O–H groups in total. The van der Waals surface area contributed by atoms with Gasteiger partial charge in [0.15, 0.2) is 0 Å². The lowest BCUT2D eigenvalue weighted by molar-refractivity contribution is 0.0857. The van der Waals surface area contributed by atoms with Crippen LogP contribution in [0, 0.1) is 0 Å². The Balaban J connectivity index is 0.00000200. The second-order valence-electron chi connectivity index (χ2n) is 6.02. The summed E-state index contributed by atoms with van der Waals surface area (Å²) in [5, 5.41) is 3.68. The van der Waals surface area contributed by atoms with Crippen LogP contribution in [-0.2, 0) is 5.54 Å². The molecule has 114 valence electrons. The molecule has 1 fully saturated rings. The summed E-state index contributed by atoms with van der Waals surface area (Å²) in [6, 6.07) is 11.8. The van der Waals surface area contributed by atoms with Gasteiger partial charge in [-0.3, -0.25) is 4.90 Å². The zero-order chi connectivity index (χ0) is 13.7. The van der Waals surface area contributed by atoms with Gasteiger partial charge in [-0.05, 0) is 58.3 Å². The average molecular weight is 297 g/mol. The summed E-state index contributed by atoms with van der Waals surface area (Å²) in [6.07, 6.45) is 6.31. The SMILES string of the molecule is CCCNC1CCC(c2ccccc2)(N(C)C)CC1.Cl. The number of halogens is 1. The number of rotatable bonds is 5. The summed E-state index contributed by atoms with van der Waals surface area (Å²) in [7, 11) is 4.46. The lowest BCUT2D eigenvalue weighted by atomic mass is 9.74. The molecule has 0 unspecified atom stereocenters. The predicted molar refractivity (Wildman–Crippen MR) is 89.6 cm³/mol. The van der Waals surface area contributed by atoms with E-state index in [1.807, 2.05) is 0 Å². The Kier molecular flexibility index (Phi) is 7.01. The highest BCUT2D eigenvalue weighted by molar-refractivity contribution is 5.85. The van der Waals surface area contributed by atoms with Crippen LogP contribution in [0.3, 0.4) is 0 Å². The molecule has 20 heavy (non-hydrogen) atoms. The molecule has 0 radical (unpaired) electrons. The standard InChI is InChI=1S/C17H28N2.ClH/c1-4-14-18-16-10-12-17(13-11-16,19(2)3)15-8-6-5-7-9-15;/h5-9,16,18H,4,10-14H2,1-3H3;1H. The van der Waals surface area contributed by atoms with E-state index in [9.17, 15) is 0 Å². The van der Waals surface area contributed by atoms with Crippen molar-refractivity contribution in [1.29, 1.82) is 0 Å². The first-order valence-corrected chi connectivity index (χ1v) is 7.65. The van der Waals surface area contributed by atoms with E-state index >= 15 is 0 Å². The Morgan fingerprint density at radius 3 is 2.25 bits per heavy atom. The molecule has 1 aliphatic carbocycles. The number of nitrogens with one attached hydrogen (secondary N) is 1. The van der Waals surface area contributed by atoms with Crippen LogP contribution >= 0.6 is 12.4 Å². The van der Waals surface area contributed by atoms with Crippen LogP contribution in [0.2, 0.25) is 0 Å². The molecule has 2 nitrogen and oxygen atoms in total. The van der Waals surface area contributed by atoms with Gasteiger partial charge in [0.1, 0.15) is 0 Å². The summed E-state index contributed by atoms with van der Waals surface area (Å²) in [4.78, 5) is 2.43. The molecule has 0 bridgehead atoms. The highest BCUT2D eigenvalue weighted by Crippen LogP contribution is 2.40. The van der Waals surface area contributed by atoms with Crippen LogP contribution < -0.4 is 5.32 Å². The van der Waals surface area contributed by atoms with Crippen molar-refractivity contribution in [2.75, 3.05) is 20.6 Å². The van der Waals surface area contributed by atoms with E-state index in [-0.39, 0.29) is 17.9 Å². The predicted octanol–water partition coefficient (Wildman–Crippen LogP) is 3.81. The van der Waals surface area contributed by atoms with Crippen LogP contribution in [0.15, 0.2) is 30.3 Å². The molecule has 3 heteroatoms. The van der Waals surface area contributed by atoms with Gasteiger partial charge in [0.25, 0.3) is 0 Å². The molecular weight excluding hydrogens is 268 g/mol. The van der Waals surface area contributed by atoms with Crippen LogP contribution in [0.5, 0.6) is 0 Å². The molecule has 1 saturated carbocycles. The Bertz CT molecular complexity index is 370. The quantitative estimate of drug-likeness (QED) is 0.889. The van der Waals surface area contributed by atoms with E-state index in [0.717, 1.165) is 12.6 Å². The molecule has 0 heterocycles. The summed E-state index contributed by atoms with van der Waals surface area (Å²) >= 11 is 0. The first kappa shape index (κ1) is 17.5. The van der Waals surface area contributed by atoms with Crippen molar-refractivity contribution in [2.45, 2.75) is 50.6 Å². The fourth-order valence-corrected chi connectivity index (χ4v) is 3.39. The molecule has 0 aromatic heterocycles. The fourth-order valence-electron chi connectivity index (χ4n) is 3.39. The molecule has 0 amide bonds. The molecule has 2 rings (SSSR count). The third kappa shape index (κ3) is 3.75. The number of nitrogens with zero attached hydrogens (tertiary/aromatic N) is 1. The maximum absolute atomic E-state index is 3.68. The zero-order valence-electron chi connectivity index (χ0n) is 13.1. The van der Waals surface area contributed by atoms with E-state index in [0.29, 0.717) is 0 Å².